The van der Waals surface area contributed by atoms with Gasteiger partial charge in [0.1, 0.15) is 0 Å². The van der Waals surface area contributed by atoms with Crippen LogP contribution in [0.2, 0.25) is 0 Å². The molecule has 1 unspecified atom stereocenters. The highest BCUT2D eigenvalue weighted by Crippen LogP contribution is 2.43. The molecule has 3 N–H and O–H groups in total. The molecule has 1 atom stereocenters. The van der Waals surface area contributed by atoms with Gasteiger partial charge in [-0.05, 0) is 36.3 Å². The lowest BCUT2D eigenvalue weighted by Crippen LogP contribution is -2.46. The molecule has 0 bridgehead atoms. The van der Waals surface area contributed by atoms with Crippen LogP contribution in [0.25, 0.3) is 0 Å². The zero-order valence-corrected chi connectivity index (χ0v) is 14.4. The fraction of sp³-hybridized carbons (Fsp3) is 0.632. The molecule has 1 saturated carbocycles. The number of benzene rings is 1. The first kappa shape index (κ1) is 17.0. The Morgan fingerprint density at radius 3 is 2.27 bits per heavy atom. The van der Waals surface area contributed by atoms with Crippen molar-refractivity contribution in [3.8, 4) is 0 Å². The van der Waals surface area contributed by atoms with Gasteiger partial charge in [-0.25, -0.2) is 0 Å². The fourth-order valence-corrected chi connectivity index (χ4v) is 3.13. The van der Waals surface area contributed by atoms with Gasteiger partial charge in [0.2, 0.25) is 5.91 Å². The molecule has 0 aromatic heterocycles. The van der Waals surface area contributed by atoms with Gasteiger partial charge in [0.05, 0.1) is 0 Å². The van der Waals surface area contributed by atoms with Crippen LogP contribution >= 0.6 is 0 Å². The van der Waals surface area contributed by atoms with Crippen molar-refractivity contribution in [2.24, 2.45) is 5.73 Å². The van der Waals surface area contributed by atoms with Crippen molar-refractivity contribution in [1.29, 1.82) is 0 Å². The summed E-state index contributed by atoms with van der Waals surface area (Å²) in [7, 11) is 0. The summed E-state index contributed by atoms with van der Waals surface area (Å²) in [5, 5.41) is 3.08. The average Bonchev–Trinajstić information content (AvgIpc) is 2.36. The van der Waals surface area contributed by atoms with Crippen LogP contribution in [0.4, 0.5) is 0 Å². The van der Waals surface area contributed by atoms with Crippen molar-refractivity contribution in [1.82, 2.24) is 5.32 Å². The number of amides is 1. The molecular weight excluding hydrogens is 272 g/mol. The molecule has 2 rings (SSSR count). The quantitative estimate of drug-likeness (QED) is 0.877. The van der Waals surface area contributed by atoms with Gasteiger partial charge in [-0.3, -0.25) is 4.79 Å². The predicted octanol–water partition coefficient (Wildman–Crippen LogP) is 3.26. The van der Waals surface area contributed by atoms with E-state index in [1.807, 2.05) is 6.92 Å². The third-order valence-electron chi connectivity index (χ3n) is 4.81. The van der Waals surface area contributed by atoms with Crippen LogP contribution in [-0.2, 0) is 15.6 Å². The van der Waals surface area contributed by atoms with E-state index in [1.165, 1.54) is 17.5 Å². The van der Waals surface area contributed by atoms with E-state index in [2.05, 4.69) is 50.4 Å². The second-order valence-corrected chi connectivity index (χ2v) is 7.92. The van der Waals surface area contributed by atoms with E-state index in [4.69, 9.17) is 5.73 Å². The molecule has 1 aromatic rings. The maximum absolute atomic E-state index is 11.9. The average molecular weight is 302 g/mol. The lowest BCUT2D eigenvalue weighted by Gasteiger charge is -2.43. The molecule has 0 aliphatic heterocycles. The highest BCUT2D eigenvalue weighted by atomic mass is 16.1. The Balaban J connectivity index is 2.05. The Morgan fingerprint density at radius 1 is 1.27 bits per heavy atom. The van der Waals surface area contributed by atoms with Crippen LogP contribution in [0.15, 0.2) is 24.3 Å². The topological polar surface area (TPSA) is 55.1 Å². The summed E-state index contributed by atoms with van der Waals surface area (Å²) >= 11 is 0. The van der Waals surface area contributed by atoms with Crippen LogP contribution in [0, 0.1) is 0 Å². The van der Waals surface area contributed by atoms with Crippen molar-refractivity contribution < 1.29 is 4.79 Å². The van der Waals surface area contributed by atoms with Gasteiger partial charge >= 0.3 is 0 Å². The summed E-state index contributed by atoms with van der Waals surface area (Å²) in [6, 6.07) is 8.89. The van der Waals surface area contributed by atoms with Gasteiger partial charge < -0.3 is 11.1 Å². The van der Waals surface area contributed by atoms with E-state index >= 15 is 0 Å². The SMILES string of the molecule is CC(N)CC(=O)NCC1(c2ccc(C(C)(C)C)cc2)CCC1. The van der Waals surface area contributed by atoms with Gasteiger partial charge in [-0.2, -0.15) is 0 Å². The number of nitrogens with two attached hydrogens (primary N) is 1. The number of carbonyl (C=O) groups is 1. The van der Waals surface area contributed by atoms with Crippen molar-refractivity contribution >= 4 is 5.91 Å². The van der Waals surface area contributed by atoms with E-state index in [-0.39, 0.29) is 22.8 Å². The van der Waals surface area contributed by atoms with Gasteiger partial charge in [-0.1, -0.05) is 51.5 Å². The van der Waals surface area contributed by atoms with Crippen molar-refractivity contribution in [2.45, 2.75) is 70.3 Å². The second kappa shape index (κ2) is 6.41. The third kappa shape index (κ3) is 3.89. The lowest BCUT2D eigenvalue weighted by molar-refractivity contribution is -0.121. The van der Waals surface area contributed by atoms with Crippen molar-refractivity contribution in [3.63, 3.8) is 0 Å². The lowest BCUT2D eigenvalue weighted by atomic mass is 9.64. The zero-order chi connectivity index (χ0) is 16.4. The van der Waals surface area contributed by atoms with E-state index in [9.17, 15) is 4.79 Å². The minimum absolute atomic E-state index is 0.0626. The smallest absolute Gasteiger partial charge is 0.221 e. The summed E-state index contributed by atoms with van der Waals surface area (Å²) in [5.74, 6) is 0.0626. The van der Waals surface area contributed by atoms with E-state index < -0.39 is 0 Å². The Kier molecular flexibility index (Phi) is 4.96. The molecule has 0 saturated heterocycles. The van der Waals surface area contributed by atoms with Gasteiger partial charge in [0.15, 0.2) is 0 Å². The highest BCUT2D eigenvalue weighted by molar-refractivity contribution is 5.76. The molecule has 1 aromatic carbocycles. The molecular formula is C19H30N2O. The highest BCUT2D eigenvalue weighted by Gasteiger charge is 2.38. The maximum Gasteiger partial charge on any atom is 0.221 e. The predicted molar refractivity (Wildman–Crippen MR) is 91.9 cm³/mol. The summed E-state index contributed by atoms with van der Waals surface area (Å²) in [6.45, 7) is 9.29. The van der Waals surface area contributed by atoms with Crippen LogP contribution in [0.5, 0.6) is 0 Å². The second-order valence-electron chi connectivity index (χ2n) is 7.92. The Hall–Kier alpha value is -1.35. The minimum atomic E-state index is -0.0802. The Morgan fingerprint density at radius 2 is 1.86 bits per heavy atom. The van der Waals surface area contributed by atoms with Crippen molar-refractivity contribution in [3.05, 3.63) is 35.4 Å². The Bertz CT molecular complexity index is 507. The summed E-state index contributed by atoms with van der Waals surface area (Å²) < 4.78 is 0. The first-order valence-electron chi connectivity index (χ1n) is 8.36. The molecule has 1 aliphatic carbocycles. The number of rotatable bonds is 5. The fourth-order valence-electron chi connectivity index (χ4n) is 3.13. The van der Waals surface area contributed by atoms with Gasteiger partial charge in [-0.15, -0.1) is 0 Å². The minimum Gasteiger partial charge on any atom is -0.355 e. The molecule has 0 heterocycles. The maximum atomic E-state index is 11.9. The molecule has 0 spiro atoms. The first-order valence-corrected chi connectivity index (χ1v) is 8.36. The third-order valence-corrected chi connectivity index (χ3v) is 4.81. The summed E-state index contributed by atoms with van der Waals surface area (Å²) in [6.07, 6.45) is 3.95. The van der Waals surface area contributed by atoms with Crippen LogP contribution in [-0.4, -0.2) is 18.5 Å². The van der Waals surface area contributed by atoms with Crippen LogP contribution in [0.3, 0.4) is 0 Å². The molecule has 0 radical (unpaired) electrons. The molecule has 3 heteroatoms. The standard InChI is InChI=1S/C19H30N2O/c1-14(20)12-17(22)21-13-19(10-5-11-19)16-8-6-15(7-9-16)18(2,3)4/h6-9,14H,5,10-13,20H2,1-4H3,(H,21,22). The van der Waals surface area contributed by atoms with E-state index in [0.29, 0.717) is 6.42 Å². The summed E-state index contributed by atoms with van der Waals surface area (Å²) in [5.41, 5.74) is 8.70. The monoisotopic (exact) mass is 302 g/mol. The number of hydrogen-bond acceptors (Lipinski definition) is 2. The van der Waals surface area contributed by atoms with E-state index in [1.54, 1.807) is 0 Å². The molecule has 1 aliphatic rings. The number of hydrogen-bond donors (Lipinski definition) is 2. The summed E-state index contributed by atoms with van der Waals surface area (Å²) in [4.78, 5) is 11.9. The molecule has 3 nitrogen and oxygen atoms in total. The molecule has 1 fully saturated rings. The number of nitrogens with one attached hydrogen (secondary N) is 1. The molecule has 1 amide bonds. The first-order chi connectivity index (χ1) is 10.2. The zero-order valence-electron chi connectivity index (χ0n) is 14.4. The molecule has 22 heavy (non-hydrogen) atoms. The molecule has 122 valence electrons. The van der Waals surface area contributed by atoms with E-state index in [0.717, 1.165) is 19.4 Å². The van der Waals surface area contributed by atoms with Crippen LogP contribution in [0.1, 0.15) is 64.5 Å². The normalized spacial score (nSPS) is 18.4. The largest absolute Gasteiger partial charge is 0.355 e. The van der Waals surface area contributed by atoms with Crippen molar-refractivity contribution in [2.75, 3.05) is 6.54 Å². The van der Waals surface area contributed by atoms with Gasteiger partial charge in [0, 0.05) is 24.4 Å². The van der Waals surface area contributed by atoms with Crippen LogP contribution < -0.4 is 11.1 Å². The number of carbonyl (C=O) groups excluding carboxylic acids is 1. The van der Waals surface area contributed by atoms with Gasteiger partial charge in [0.25, 0.3) is 0 Å². The Labute approximate surface area is 134 Å².